The minimum atomic E-state index is -0.512. The van der Waals surface area contributed by atoms with Crippen LogP contribution in [0.3, 0.4) is 0 Å². The molecule has 3 aromatic carbocycles. The molecule has 0 aliphatic heterocycles. The van der Waals surface area contributed by atoms with E-state index in [1.54, 1.807) is 55.5 Å². The molecule has 0 saturated heterocycles. The van der Waals surface area contributed by atoms with E-state index < -0.39 is 15.8 Å². The van der Waals surface area contributed by atoms with E-state index in [9.17, 15) is 25.0 Å². The first-order valence-electron chi connectivity index (χ1n) is 8.94. The number of carbonyl (C=O) groups is 1. The minimum Gasteiger partial charge on any atom is -0.321 e. The summed E-state index contributed by atoms with van der Waals surface area (Å²) in [5.74, 6) is -0.490. The highest BCUT2D eigenvalue weighted by molar-refractivity contribution is 6.29. The average Bonchev–Trinajstić information content (AvgIpc) is 2.74. The van der Waals surface area contributed by atoms with Gasteiger partial charge in [-0.1, -0.05) is 48.5 Å². The van der Waals surface area contributed by atoms with Gasteiger partial charge in [0, 0.05) is 23.8 Å². The predicted molar refractivity (Wildman–Crippen MR) is 114 cm³/mol. The fourth-order valence-electron chi connectivity index (χ4n) is 2.94. The Bertz CT molecular complexity index is 1160. The van der Waals surface area contributed by atoms with E-state index in [1.165, 1.54) is 30.3 Å². The van der Waals surface area contributed by atoms with E-state index in [0.29, 0.717) is 22.4 Å². The molecule has 3 rings (SSSR count). The Balaban J connectivity index is 2.03. The van der Waals surface area contributed by atoms with Crippen molar-refractivity contribution >= 4 is 34.6 Å². The fourth-order valence-corrected chi connectivity index (χ4v) is 2.94. The number of nitro benzene ring substituents is 2. The number of carbonyl (C=O) groups excluding carboxylic acids is 1. The molecular formula is C22H17N3O5. The second-order valence-electron chi connectivity index (χ2n) is 6.44. The van der Waals surface area contributed by atoms with Crippen molar-refractivity contribution in [1.29, 1.82) is 0 Å². The molecule has 0 spiro atoms. The maximum atomic E-state index is 13.1. The van der Waals surface area contributed by atoms with Gasteiger partial charge in [-0.05, 0) is 30.2 Å². The smallest absolute Gasteiger partial charge is 0.274 e. The number of nitrogens with zero attached hydrogens (tertiary/aromatic N) is 2. The van der Waals surface area contributed by atoms with Crippen LogP contribution in [0.1, 0.15) is 16.7 Å². The van der Waals surface area contributed by atoms with Crippen LogP contribution in [0.15, 0.2) is 72.8 Å². The Morgan fingerprint density at radius 3 is 2.27 bits per heavy atom. The minimum absolute atomic E-state index is 0.0916. The SMILES string of the molecule is Cc1c(NC(=O)/C(=C/c2cccc([N+](=O)[O-])c2)c2ccccc2)cccc1[N+](=O)[O-]. The van der Waals surface area contributed by atoms with Gasteiger partial charge in [-0.3, -0.25) is 25.0 Å². The molecule has 0 radical (unpaired) electrons. The van der Waals surface area contributed by atoms with Gasteiger partial charge < -0.3 is 5.32 Å². The Morgan fingerprint density at radius 2 is 1.60 bits per heavy atom. The molecule has 3 aromatic rings. The molecule has 1 amide bonds. The Kier molecular flexibility index (Phi) is 5.97. The van der Waals surface area contributed by atoms with Crippen molar-refractivity contribution < 1.29 is 14.6 Å². The molecule has 1 N–H and O–H groups in total. The number of nitrogens with one attached hydrogen (secondary N) is 1. The Hall–Kier alpha value is -4.33. The summed E-state index contributed by atoms with van der Waals surface area (Å²) >= 11 is 0. The predicted octanol–water partition coefficient (Wildman–Crippen LogP) is 4.99. The maximum Gasteiger partial charge on any atom is 0.274 e. The summed E-state index contributed by atoms with van der Waals surface area (Å²) in [6.45, 7) is 1.56. The van der Waals surface area contributed by atoms with Crippen molar-refractivity contribution in [3.63, 3.8) is 0 Å². The lowest BCUT2D eigenvalue weighted by Gasteiger charge is -2.12. The van der Waals surface area contributed by atoms with Gasteiger partial charge in [-0.2, -0.15) is 0 Å². The van der Waals surface area contributed by atoms with Crippen molar-refractivity contribution in [2.45, 2.75) is 6.92 Å². The van der Waals surface area contributed by atoms with E-state index in [2.05, 4.69) is 5.32 Å². The molecule has 150 valence electrons. The van der Waals surface area contributed by atoms with Gasteiger partial charge in [0.05, 0.1) is 21.1 Å². The van der Waals surface area contributed by atoms with E-state index in [-0.39, 0.29) is 16.9 Å². The Labute approximate surface area is 171 Å². The second-order valence-corrected chi connectivity index (χ2v) is 6.44. The zero-order valence-corrected chi connectivity index (χ0v) is 15.9. The highest BCUT2D eigenvalue weighted by Crippen LogP contribution is 2.27. The van der Waals surface area contributed by atoms with Crippen molar-refractivity contribution in [3.8, 4) is 0 Å². The molecule has 0 bridgehead atoms. The molecule has 30 heavy (non-hydrogen) atoms. The highest BCUT2D eigenvalue weighted by Gasteiger charge is 2.18. The highest BCUT2D eigenvalue weighted by atomic mass is 16.6. The van der Waals surface area contributed by atoms with Crippen LogP contribution in [0.5, 0.6) is 0 Å². The normalized spacial score (nSPS) is 11.0. The van der Waals surface area contributed by atoms with Crippen LogP contribution in [0.4, 0.5) is 17.1 Å². The van der Waals surface area contributed by atoms with Crippen molar-refractivity contribution in [1.82, 2.24) is 0 Å². The number of benzene rings is 3. The molecule has 0 saturated carbocycles. The first kappa shape index (κ1) is 20.4. The summed E-state index contributed by atoms with van der Waals surface area (Å²) in [7, 11) is 0. The number of amides is 1. The summed E-state index contributed by atoms with van der Waals surface area (Å²) in [6, 6.07) is 19.2. The number of hydrogen-bond donors (Lipinski definition) is 1. The molecule has 0 unspecified atom stereocenters. The van der Waals surface area contributed by atoms with Crippen LogP contribution in [-0.4, -0.2) is 15.8 Å². The number of anilines is 1. The van der Waals surface area contributed by atoms with Gasteiger partial charge >= 0.3 is 0 Å². The third kappa shape index (κ3) is 4.56. The van der Waals surface area contributed by atoms with Crippen LogP contribution in [0.25, 0.3) is 11.6 Å². The zero-order valence-electron chi connectivity index (χ0n) is 15.9. The first-order valence-corrected chi connectivity index (χ1v) is 8.94. The molecule has 0 aliphatic carbocycles. The first-order chi connectivity index (χ1) is 14.4. The van der Waals surface area contributed by atoms with Gasteiger partial charge in [0.2, 0.25) is 0 Å². The molecule has 8 nitrogen and oxygen atoms in total. The number of hydrogen-bond acceptors (Lipinski definition) is 5. The quantitative estimate of drug-likeness (QED) is 0.269. The van der Waals surface area contributed by atoms with Gasteiger partial charge in [0.25, 0.3) is 17.3 Å². The third-order valence-electron chi connectivity index (χ3n) is 4.47. The van der Waals surface area contributed by atoms with Crippen LogP contribution in [-0.2, 0) is 4.79 Å². The topological polar surface area (TPSA) is 115 Å². The van der Waals surface area contributed by atoms with E-state index in [0.717, 1.165) is 0 Å². The third-order valence-corrected chi connectivity index (χ3v) is 4.47. The van der Waals surface area contributed by atoms with Crippen LogP contribution in [0.2, 0.25) is 0 Å². The largest absolute Gasteiger partial charge is 0.321 e. The standard InChI is InChI=1S/C22H17N3O5/c1-15-20(11-6-12-21(15)25(29)30)23-22(26)19(17-8-3-2-4-9-17)14-16-7-5-10-18(13-16)24(27)28/h2-14H,1H3,(H,23,26)/b19-14+. The van der Waals surface area contributed by atoms with Gasteiger partial charge in [-0.15, -0.1) is 0 Å². The van der Waals surface area contributed by atoms with Gasteiger partial charge in [-0.25, -0.2) is 0 Å². The molecule has 0 aromatic heterocycles. The Morgan fingerprint density at radius 1 is 0.900 bits per heavy atom. The summed E-state index contributed by atoms with van der Waals surface area (Å²) in [5.41, 5.74) is 1.80. The summed E-state index contributed by atoms with van der Waals surface area (Å²) < 4.78 is 0. The van der Waals surface area contributed by atoms with Crippen LogP contribution < -0.4 is 5.32 Å². The lowest BCUT2D eigenvalue weighted by atomic mass is 10.0. The number of non-ortho nitro benzene ring substituents is 1. The van der Waals surface area contributed by atoms with Crippen molar-refractivity contribution in [2.75, 3.05) is 5.32 Å². The maximum absolute atomic E-state index is 13.1. The molecule has 0 aliphatic rings. The van der Waals surface area contributed by atoms with Crippen molar-refractivity contribution in [2.24, 2.45) is 0 Å². The number of rotatable bonds is 6. The zero-order chi connectivity index (χ0) is 21.7. The van der Waals surface area contributed by atoms with Gasteiger partial charge in [0.1, 0.15) is 0 Å². The van der Waals surface area contributed by atoms with Crippen LogP contribution >= 0.6 is 0 Å². The lowest BCUT2D eigenvalue weighted by molar-refractivity contribution is -0.385. The summed E-state index contributed by atoms with van der Waals surface area (Å²) in [4.78, 5) is 34.3. The number of nitro groups is 2. The molecule has 8 heteroatoms. The van der Waals surface area contributed by atoms with Crippen molar-refractivity contribution in [3.05, 3.63) is 110 Å². The fraction of sp³-hybridized carbons (Fsp3) is 0.0455. The van der Waals surface area contributed by atoms with Gasteiger partial charge in [0.15, 0.2) is 0 Å². The molecule has 0 heterocycles. The second kappa shape index (κ2) is 8.78. The molecular weight excluding hydrogens is 386 g/mol. The lowest BCUT2D eigenvalue weighted by Crippen LogP contribution is -2.15. The average molecular weight is 403 g/mol. The molecule has 0 fully saturated rings. The summed E-state index contributed by atoms with van der Waals surface area (Å²) in [5, 5.41) is 24.9. The van der Waals surface area contributed by atoms with E-state index in [1.807, 2.05) is 0 Å². The van der Waals surface area contributed by atoms with Crippen LogP contribution in [0, 0.1) is 27.2 Å². The molecule has 0 atom stereocenters. The summed E-state index contributed by atoms with van der Waals surface area (Å²) in [6.07, 6.45) is 1.55. The monoisotopic (exact) mass is 403 g/mol. The van der Waals surface area contributed by atoms with E-state index in [4.69, 9.17) is 0 Å². The van der Waals surface area contributed by atoms with E-state index >= 15 is 0 Å².